The molecule has 1 N–H and O–H groups in total. The first-order valence-electron chi connectivity index (χ1n) is 8.09. The number of carbonyl (C=O) groups is 1. The number of anilines is 1. The first-order chi connectivity index (χ1) is 11.5. The minimum Gasteiger partial charge on any atom is -0.326 e. The molecular formula is C16H24N2O5S2. The second kappa shape index (κ2) is 7.43. The lowest BCUT2D eigenvalue weighted by atomic mass is 10.1. The molecule has 1 atom stereocenters. The predicted octanol–water partition coefficient (Wildman–Crippen LogP) is 1.48. The molecule has 0 unspecified atom stereocenters. The molecule has 0 bridgehead atoms. The molecule has 9 heteroatoms. The maximum Gasteiger partial charge on any atom is 0.243 e. The lowest BCUT2D eigenvalue weighted by molar-refractivity contribution is -0.116. The van der Waals surface area contributed by atoms with Crippen molar-refractivity contribution in [3.05, 3.63) is 24.3 Å². The van der Waals surface area contributed by atoms with Gasteiger partial charge in [-0.15, -0.1) is 0 Å². The third-order valence-electron chi connectivity index (χ3n) is 4.34. The largest absolute Gasteiger partial charge is 0.326 e. The number of hydrogen-bond donors (Lipinski definition) is 1. The van der Waals surface area contributed by atoms with E-state index in [1.54, 1.807) is 13.8 Å². The summed E-state index contributed by atoms with van der Waals surface area (Å²) in [6.07, 6.45) is 0.657. The highest BCUT2D eigenvalue weighted by molar-refractivity contribution is 7.91. The molecule has 1 heterocycles. The standard InChI is InChI=1S/C16H24N2O5S2/c1-12(2)18(3)25(22,23)15-6-4-14(5-7-15)17-16(19)10-13-8-9-24(20,21)11-13/h4-7,12-13H,8-11H2,1-3H3,(H,17,19)/t13-/m0/s1. The van der Waals surface area contributed by atoms with Gasteiger partial charge in [0.2, 0.25) is 15.9 Å². The molecular weight excluding hydrogens is 364 g/mol. The van der Waals surface area contributed by atoms with Crippen LogP contribution in [-0.2, 0) is 24.7 Å². The average molecular weight is 389 g/mol. The molecule has 0 radical (unpaired) electrons. The van der Waals surface area contributed by atoms with E-state index in [4.69, 9.17) is 0 Å². The summed E-state index contributed by atoms with van der Waals surface area (Å²) in [4.78, 5) is 12.2. The summed E-state index contributed by atoms with van der Waals surface area (Å²) < 4.78 is 48.9. The van der Waals surface area contributed by atoms with Crippen molar-refractivity contribution >= 4 is 31.5 Å². The molecule has 0 saturated carbocycles. The van der Waals surface area contributed by atoms with E-state index in [1.807, 2.05) is 0 Å². The molecule has 7 nitrogen and oxygen atoms in total. The Morgan fingerprint density at radius 1 is 1.28 bits per heavy atom. The fourth-order valence-electron chi connectivity index (χ4n) is 2.66. The van der Waals surface area contributed by atoms with E-state index in [1.165, 1.54) is 35.6 Å². The van der Waals surface area contributed by atoms with Crippen LogP contribution in [0.5, 0.6) is 0 Å². The highest BCUT2D eigenvalue weighted by Crippen LogP contribution is 2.23. The fourth-order valence-corrected chi connectivity index (χ4v) is 5.89. The predicted molar refractivity (Wildman–Crippen MR) is 96.5 cm³/mol. The molecule has 0 spiro atoms. The second-order valence-electron chi connectivity index (χ2n) is 6.66. The second-order valence-corrected chi connectivity index (χ2v) is 10.9. The molecule has 1 aliphatic rings. The zero-order chi connectivity index (χ0) is 18.8. The summed E-state index contributed by atoms with van der Waals surface area (Å²) in [6, 6.07) is 5.80. The molecule has 1 amide bonds. The van der Waals surface area contributed by atoms with Crippen molar-refractivity contribution in [3.63, 3.8) is 0 Å². The SMILES string of the molecule is CC(C)N(C)S(=O)(=O)c1ccc(NC(=O)C[C@@H]2CCS(=O)(=O)C2)cc1. The van der Waals surface area contributed by atoms with E-state index < -0.39 is 19.9 Å². The third-order valence-corrected chi connectivity index (χ3v) is 8.23. The first-order valence-corrected chi connectivity index (χ1v) is 11.4. The quantitative estimate of drug-likeness (QED) is 0.795. The van der Waals surface area contributed by atoms with E-state index in [-0.39, 0.29) is 40.7 Å². The summed E-state index contributed by atoms with van der Waals surface area (Å²) in [5.41, 5.74) is 0.483. The average Bonchev–Trinajstić information content (AvgIpc) is 2.85. The van der Waals surface area contributed by atoms with Crippen LogP contribution in [0.3, 0.4) is 0 Å². The Morgan fingerprint density at radius 2 is 1.88 bits per heavy atom. The van der Waals surface area contributed by atoms with Gasteiger partial charge in [-0.2, -0.15) is 4.31 Å². The first kappa shape index (κ1) is 19.9. The Morgan fingerprint density at radius 3 is 2.36 bits per heavy atom. The van der Waals surface area contributed by atoms with E-state index in [0.717, 1.165) is 0 Å². The molecule has 25 heavy (non-hydrogen) atoms. The Balaban J connectivity index is 2.00. The van der Waals surface area contributed by atoms with Crippen molar-refractivity contribution in [2.45, 2.75) is 37.6 Å². The summed E-state index contributed by atoms with van der Waals surface area (Å²) in [5.74, 6) is -0.221. The van der Waals surface area contributed by atoms with Crippen LogP contribution in [0.1, 0.15) is 26.7 Å². The number of amides is 1. The van der Waals surface area contributed by atoms with Gasteiger partial charge in [-0.3, -0.25) is 4.79 Å². The van der Waals surface area contributed by atoms with Gasteiger partial charge in [0.1, 0.15) is 0 Å². The molecule has 140 valence electrons. The number of sulfonamides is 1. The van der Waals surface area contributed by atoms with Crippen LogP contribution in [0, 0.1) is 5.92 Å². The number of hydrogen-bond acceptors (Lipinski definition) is 5. The number of sulfone groups is 1. The van der Waals surface area contributed by atoms with Gasteiger partial charge in [0.15, 0.2) is 9.84 Å². The van der Waals surface area contributed by atoms with Crippen molar-refractivity contribution in [2.24, 2.45) is 5.92 Å². The van der Waals surface area contributed by atoms with Crippen LogP contribution >= 0.6 is 0 Å². The van der Waals surface area contributed by atoms with Crippen LogP contribution in [0.25, 0.3) is 0 Å². The maximum atomic E-state index is 12.4. The van der Waals surface area contributed by atoms with Crippen LogP contribution in [0.4, 0.5) is 5.69 Å². The lowest BCUT2D eigenvalue weighted by Gasteiger charge is -2.21. The molecule has 1 saturated heterocycles. The van der Waals surface area contributed by atoms with Crippen molar-refractivity contribution in [1.29, 1.82) is 0 Å². The Bertz CT molecular complexity index is 830. The number of nitrogens with zero attached hydrogens (tertiary/aromatic N) is 1. The normalized spacial score (nSPS) is 20.1. The van der Waals surface area contributed by atoms with E-state index in [2.05, 4.69) is 5.32 Å². The molecule has 1 aromatic rings. The van der Waals surface area contributed by atoms with Crippen LogP contribution in [0.2, 0.25) is 0 Å². The number of benzene rings is 1. The maximum absolute atomic E-state index is 12.4. The Hall–Kier alpha value is -1.45. The zero-order valence-corrected chi connectivity index (χ0v) is 16.2. The van der Waals surface area contributed by atoms with Crippen LogP contribution in [0.15, 0.2) is 29.2 Å². The smallest absolute Gasteiger partial charge is 0.243 e. The highest BCUT2D eigenvalue weighted by atomic mass is 32.2. The molecule has 1 aliphatic heterocycles. The van der Waals surface area contributed by atoms with Crippen molar-refractivity contribution in [2.75, 3.05) is 23.9 Å². The molecule has 0 aliphatic carbocycles. The topological polar surface area (TPSA) is 101 Å². The minimum atomic E-state index is -3.56. The van der Waals surface area contributed by atoms with Gasteiger partial charge < -0.3 is 5.32 Å². The van der Waals surface area contributed by atoms with Crippen molar-refractivity contribution < 1.29 is 21.6 Å². The van der Waals surface area contributed by atoms with E-state index in [9.17, 15) is 21.6 Å². The van der Waals surface area contributed by atoms with Crippen LogP contribution in [-0.4, -0.2) is 51.6 Å². The summed E-state index contributed by atoms with van der Waals surface area (Å²) in [6.45, 7) is 3.57. The monoisotopic (exact) mass is 388 g/mol. The van der Waals surface area contributed by atoms with E-state index >= 15 is 0 Å². The van der Waals surface area contributed by atoms with Crippen molar-refractivity contribution in [3.8, 4) is 0 Å². The van der Waals surface area contributed by atoms with Gasteiger partial charge in [0.25, 0.3) is 0 Å². The molecule has 2 rings (SSSR count). The fraction of sp³-hybridized carbons (Fsp3) is 0.562. The number of rotatable bonds is 6. The summed E-state index contributed by atoms with van der Waals surface area (Å²) >= 11 is 0. The van der Waals surface area contributed by atoms with Crippen LogP contribution < -0.4 is 5.32 Å². The lowest BCUT2D eigenvalue weighted by Crippen LogP contribution is -2.33. The van der Waals surface area contributed by atoms with Gasteiger partial charge in [0, 0.05) is 25.2 Å². The van der Waals surface area contributed by atoms with Crippen molar-refractivity contribution in [1.82, 2.24) is 4.31 Å². The zero-order valence-electron chi connectivity index (χ0n) is 14.6. The van der Waals surface area contributed by atoms with Gasteiger partial charge in [0.05, 0.1) is 16.4 Å². The molecule has 0 aromatic heterocycles. The summed E-state index contributed by atoms with van der Waals surface area (Å²) in [7, 11) is -5.04. The van der Waals surface area contributed by atoms with Gasteiger partial charge >= 0.3 is 0 Å². The molecule has 1 aromatic carbocycles. The van der Waals surface area contributed by atoms with E-state index in [0.29, 0.717) is 12.1 Å². The number of nitrogens with one attached hydrogen (secondary N) is 1. The van der Waals surface area contributed by atoms with Gasteiger partial charge in [-0.25, -0.2) is 16.8 Å². The molecule has 1 fully saturated rings. The summed E-state index contributed by atoms with van der Waals surface area (Å²) in [5, 5.41) is 2.68. The van der Waals surface area contributed by atoms with Gasteiger partial charge in [-0.05, 0) is 50.5 Å². The van der Waals surface area contributed by atoms with Gasteiger partial charge in [-0.1, -0.05) is 0 Å². The third kappa shape index (κ3) is 5.02. The Kier molecular flexibility index (Phi) is 5.90. The number of carbonyl (C=O) groups excluding carboxylic acids is 1. The minimum absolute atomic E-state index is 0.0547. The highest BCUT2D eigenvalue weighted by Gasteiger charge is 2.29. The Labute approximate surface area is 149 Å².